The highest BCUT2D eigenvalue weighted by Gasteiger charge is 2.44. The van der Waals surface area contributed by atoms with E-state index in [0.29, 0.717) is 0 Å². The second kappa shape index (κ2) is 4.60. The number of rotatable bonds is 1. The van der Waals surface area contributed by atoms with Crippen LogP contribution in [0.1, 0.15) is 30.5 Å². The fourth-order valence-electron chi connectivity index (χ4n) is 4.04. The normalized spacial score (nSPS) is 24.2. The molecule has 2 aromatic rings. The van der Waals surface area contributed by atoms with Gasteiger partial charge in [-0.3, -0.25) is 4.90 Å². The average Bonchev–Trinajstić information content (AvgIpc) is 2.82. The quantitative estimate of drug-likeness (QED) is 0.786. The Balaban J connectivity index is 1.96. The number of hydrogen-bond acceptors (Lipinski definition) is 2. The summed E-state index contributed by atoms with van der Waals surface area (Å²) in [4.78, 5) is 5.15. The van der Waals surface area contributed by atoms with Crippen LogP contribution in [-0.4, -0.2) is 24.7 Å². The molecule has 2 aromatic carbocycles. The second-order valence-electron chi connectivity index (χ2n) is 6.45. The molecule has 2 heterocycles. The monoisotopic (exact) mass is 278 g/mol. The molecular formula is C19H22N2. The van der Waals surface area contributed by atoms with Gasteiger partial charge in [-0.25, -0.2) is 0 Å². The first kappa shape index (κ1) is 12.9. The maximum absolute atomic E-state index is 2.61. The van der Waals surface area contributed by atoms with Crippen molar-refractivity contribution in [2.24, 2.45) is 0 Å². The minimum Gasteiger partial charge on any atom is -0.348 e. The van der Waals surface area contributed by atoms with Gasteiger partial charge in [-0.15, -0.1) is 0 Å². The Labute approximate surface area is 127 Å². The van der Waals surface area contributed by atoms with Gasteiger partial charge in [-0.05, 0) is 42.6 Å². The first-order valence-electron chi connectivity index (χ1n) is 7.88. The number of fused-ring (bicyclic) bond motifs is 5. The van der Waals surface area contributed by atoms with Crippen LogP contribution < -0.4 is 4.90 Å². The standard InChI is InChI=1S/C19H22N2/c1-3-20-13-19(2)17-10-6-4-8-15(17)12-16-9-5-7-11-18(16)21(19)14-20/h4-11H,3,12-14H2,1-2H3. The number of likely N-dealkylation sites (N-methyl/N-ethyl adjacent to an activating group) is 1. The lowest BCUT2D eigenvalue weighted by atomic mass is 9.87. The van der Waals surface area contributed by atoms with Crippen LogP contribution in [0.3, 0.4) is 0 Å². The average molecular weight is 278 g/mol. The fourth-order valence-corrected chi connectivity index (χ4v) is 4.04. The summed E-state index contributed by atoms with van der Waals surface area (Å²) >= 11 is 0. The fraction of sp³-hybridized carbons (Fsp3) is 0.368. The summed E-state index contributed by atoms with van der Waals surface area (Å²) in [6.45, 7) is 7.90. The van der Waals surface area contributed by atoms with Crippen LogP contribution in [0.2, 0.25) is 0 Å². The highest BCUT2D eigenvalue weighted by molar-refractivity contribution is 5.63. The molecule has 0 aliphatic carbocycles. The van der Waals surface area contributed by atoms with Crippen LogP contribution in [-0.2, 0) is 12.0 Å². The third-order valence-electron chi connectivity index (χ3n) is 5.18. The predicted octanol–water partition coefficient (Wildman–Crippen LogP) is 3.61. The lowest BCUT2D eigenvalue weighted by Gasteiger charge is -2.36. The molecule has 108 valence electrons. The van der Waals surface area contributed by atoms with Crippen molar-refractivity contribution in [2.75, 3.05) is 24.7 Å². The summed E-state index contributed by atoms with van der Waals surface area (Å²) in [7, 11) is 0. The molecule has 1 saturated heterocycles. The lowest BCUT2D eigenvalue weighted by Crippen LogP contribution is -2.40. The molecule has 2 nitrogen and oxygen atoms in total. The van der Waals surface area contributed by atoms with Crippen molar-refractivity contribution in [3.8, 4) is 0 Å². The molecular weight excluding hydrogens is 256 g/mol. The van der Waals surface area contributed by atoms with E-state index >= 15 is 0 Å². The molecule has 4 rings (SSSR count). The van der Waals surface area contributed by atoms with Crippen LogP contribution in [0.25, 0.3) is 0 Å². The summed E-state index contributed by atoms with van der Waals surface area (Å²) in [5.74, 6) is 0. The lowest BCUT2D eigenvalue weighted by molar-refractivity contribution is 0.333. The summed E-state index contributed by atoms with van der Waals surface area (Å²) in [6.07, 6.45) is 1.05. The van der Waals surface area contributed by atoms with Crippen LogP contribution in [0.15, 0.2) is 48.5 Å². The molecule has 2 aliphatic rings. The predicted molar refractivity (Wildman–Crippen MR) is 87.6 cm³/mol. The van der Waals surface area contributed by atoms with Gasteiger partial charge in [-0.1, -0.05) is 49.4 Å². The molecule has 0 saturated carbocycles. The molecule has 0 amide bonds. The second-order valence-corrected chi connectivity index (χ2v) is 6.45. The topological polar surface area (TPSA) is 6.48 Å². The molecule has 0 radical (unpaired) electrons. The van der Waals surface area contributed by atoms with Gasteiger partial charge in [0, 0.05) is 12.2 Å². The zero-order chi connectivity index (χ0) is 14.4. The Kier molecular flexibility index (Phi) is 2.83. The minimum atomic E-state index is 0.0825. The van der Waals surface area contributed by atoms with Gasteiger partial charge in [0.15, 0.2) is 0 Å². The van der Waals surface area contributed by atoms with Crippen molar-refractivity contribution in [3.05, 3.63) is 65.2 Å². The third-order valence-corrected chi connectivity index (χ3v) is 5.18. The van der Waals surface area contributed by atoms with Gasteiger partial charge in [0.05, 0.1) is 12.2 Å². The van der Waals surface area contributed by atoms with Crippen molar-refractivity contribution in [1.29, 1.82) is 0 Å². The van der Waals surface area contributed by atoms with Crippen LogP contribution >= 0.6 is 0 Å². The molecule has 0 N–H and O–H groups in total. The summed E-state index contributed by atoms with van der Waals surface area (Å²) < 4.78 is 0. The largest absolute Gasteiger partial charge is 0.348 e. The number of hydrogen-bond donors (Lipinski definition) is 0. The Morgan fingerprint density at radius 3 is 2.52 bits per heavy atom. The number of benzene rings is 2. The zero-order valence-electron chi connectivity index (χ0n) is 12.8. The Bertz CT molecular complexity index is 679. The van der Waals surface area contributed by atoms with Crippen molar-refractivity contribution in [2.45, 2.75) is 25.8 Å². The van der Waals surface area contributed by atoms with Gasteiger partial charge in [0.2, 0.25) is 0 Å². The zero-order valence-corrected chi connectivity index (χ0v) is 12.8. The van der Waals surface area contributed by atoms with E-state index in [1.54, 1.807) is 0 Å². The first-order chi connectivity index (χ1) is 10.2. The Morgan fingerprint density at radius 2 is 1.71 bits per heavy atom. The summed E-state index contributed by atoms with van der Waals surface area (Å²) in [6, 6.07) is 17.9. The highest BCUT2D eigenvalue weighted by Crippen LogP contribution is 2.44. The third kappa shape index (κ3) is 1.82. The Hall–Kier alpha value is -1.80. The molecule has 2 heteroatoms. The van der Waals surface area contributed by atoms with E-state index in [1.807, 2.05) is 0 Å². The maximum atomic E-state index is 2.61. The number of para-hydroxylation sites is 1. The van der Waals surface area contributed by atoms with E-state index in [1.165, 1.54) is 22.4 Å². The van der Waals surface area contributed by atoms with Crippen molar-refractivity contribution >= 4 is 5.69 Å². The van der Waals surface area contributed by atoms with Gasteiger partial charge < -0.3 is 4.90 Å². The van der Waals surface area contributed by atoms with Gasteiger partial charge in [0.1, 0.15) is 0 Å². The van der Waals surface area contributed by atoms with Gasteiger partial charge in [-0.2, -0.15) is 0 Å². The van der Waals surface area contributed by atoms with Crippen molar-refractivity contribution in [3.63, 3.8) is 0 Å². The molecule has 0 spiro atoms. The molecule has 1 unspecified atom stereocenters. The van der Waals surface area contributed by atoms with Crippen molar-refractivity contribution in [1.82, 2.24) is 4.90 Å². The van der Waals surface area contributed by atoms with Crippen LogP contribution in [0.4, 0.5) is 5.69 Å². The number of anilines is 1. The molecule has 0 bridgehead atoms. The van der Waals surface area contributed by atoms with E-state index in [9.17, 15) is 0 Å². The van der Waals surface area contributed by atoms with Crippen molar-refractivity contribution < 1.29 is 0 Å². The van der Waals surface area contributed by atoms with E-state index in [0.717, 1.165) is 26.2 Å². The maximum Gasteiger partial charge on any atom is 0.0768 e. The molecule has 1 fully saturated rings. The van der Waals surface area contributed by atoms with E-state index < -0.39 is 0 Å². The van der Waals surface area contributed by atoms with Gasteiger partial charge >= 0.3 is 0 Å². The van der Waals surface area contributed by atoms with E-state index in [2.05, 4.69) is 72.2 Å². The smallest absolute Gasteiger partial charge is 0.0768 e. The highest BCUT2D eigenvalue weighted by atomic mass is 15.4. The first-order valence-corrected chi connectivity index (χ1v) is 7.88. The Morgan fingerprint density at radius 1 is 1.00 bits per heavy atom. The summed E-state index contributed by atoms with van der Waals surface area (Å²) in [5, 5.41) is 0. The molecule has 2 aliphatic heterocycles. The van der Waals surface area contributed by atoms with Crippen LogP contribution in [0, 0.1) is 0 Å². The van der Waals surface area contributed by atoms with E-state index in [4.69, 9.17) is 0 Å². The minimum absolute atomic E-state index is 0.0825. The van der Waals surface area contributed by atoms with Crippen LogP contribution in [0.5, 0.6) is 0 Å². The molecule has 21 heavy (non-hydrogen) atoms. The van der Waals surface area contributed by atoms with E-state index in [-0.39, 0.29) is 5.54 Å². The number of nitrogens with zero attached hydrogens (tertiary/aromatic N) is 2. The molecule has 0 aromatic heterocycles. The van der Waals surface area contributed by atoms with Gasteiger partial charge in [0.25, 0.3) is 0 Å². The molecule has 1 atom stereocenters. The SMILES string of the molecule is CCN1CN2c3ccccc3Cc3ccccc3C2(C)C1. The summed E-state index contributed by atoms with van der Waals surface area (Å²) in [5.41, 5.74) is 5.92.